The summed E-state index contributed by atoms with van der Waals surface area (Å²) in [6, 6.07) is 44.1. The molecule has 0 aromatic heterocycles. The van der Waals surface area contributed by atoms with Crippen LogP contribution in [0.5, 0.6) is 11.5 Å². The van der Waals surface area contributed by atoms with Crippen LogP contribution in [-0.2, 0) is 30.7 Å². The summed E-state index contributed by atoms with van der Waals surface area (Å²) >= 11 is 0. The Balaban J connectivity index is 0.000000171. The molecule has 0 aliphatic carbocycles. The van der Waals surface area contributed by atoms with Crippen molar-refractivity contribution < 1.29 is 15.0 Å². The lowest BCUT2D eigenvalue weighted by molar-refractivity contribution is -0.116. The van der Waals surface area contributed by atoms with Gasteiger partial charge in [-0.1, -0.05) is 109 Å². The van der Waals surface area contributed by atoms with Crippen LogP contribution in [0, 0.1) is 0 Å². The fourth-order valence-corrected chi connectivity index (χ4v) is 4.97. The second-order valence-corrected chi connectivity index (χ2v) is 11.3. The molecule has 45 heavy (non-hydrogen) atoms. The molecule has 0 bridgehead atoms. The molecule has 230 valence electrons. The fourth-order valence-electron chi connectivity index (χ4n) is 4.97. The number of phenols is 2. The van der Waals surface area contributed by atoms with Gasteiger partial charge >= 0.3 is 0 Å². The molecule has 6 aromatic rings. The lowest BCUT2D eigenvalue weighted by atomic mass is 10.0. The average Bonchev–Trinajstić information content (AvgIpc) is 3.05. The van der Waals surface area contributed by atoms with Gasteiger partial charge in [0.05, 0.1) is 0 Å². The van der Waals surface area contributed by atoms with Crippen LogP contribution in [0.3, 0.4) is 0 Å². The number of nitrogens with one attached hydrogen (secondary N) is 1. The lowest BCUT2D eigenvalue weighted by Crippen LogP contribution is -2.27. The quantitative estimate of drug-likeness (QED) is 0.142. The normalized spacial score (nSPS) is 11.2. The smallest absolute Gasteiger partial charge is 0.134 e. The molecular weight excluding hydrogens is 556 g/mol. The minimum absolute atomic E-state index is 0.209. The molecule has 0 heterocycles. The molecule has 6 aromatic carbocycles. The molecule has 0 amide bonds. The van der Waals surface area contributed by atoms with Crippen LogP contribution in [-0.4, -0.2) is 22.0 Å². The first-order chi connectivity index (χ1) is 21.8. The van der Waals surface area contributed by atoms with Gasteiger partial charge in [0.25, 0.3) is 0 Å². The summed E-state index contributed by atoms with van der Waals surface area (Å²) < 4.78 is 0. The van der Waals surface area contributed by atoms with Crippen LogP contribution in [0.25, 0.3) is 21.5 Å². The number of aromatic hydroxyl groups is 2. The second-order valence-electron chi connectivity index (χ2n) is 11.3. The first-order valence-corrected chi connectivity index (χ1v) is 15.2. The number of fused-ring (bicyclic) bond motifs is 2. The number of carbonyl (C=O) groups is 1. The largest absolute Gasteiger partial charge is 0.508 e. The highest BCUT2D eigenvalue weighted by Crippen LogP contribution is 2.18. The van der Waals surface area contributed by atoms with E-state index in [0.29, 0.717) is 24.8 Å². The Bertz CT molecular complexity index is 1800. The zero-order valence-corrected chi connectivity index (χ0v) is 26.0. The van der Waals surface area contributed by atoms with Crippen molar-refractivity contribution in [3.63, 3.8) is 0 Å². The molecule has 0 saturated heterocycles. The van der Waals surface area contributed by atoms with E-state index in [9.17, 15) is 9.90 Å². The number of benzene rings is 6. The summed E-state index contributed by atoms with van der Waals surface area (Å²) in [4.78, 5) is 10.9. The van der Waals surface area contributed by atoms with Crippen LogP contribution < -0.4 is 11.1 Å². The van der Waals surface area contributed by atoms with Crippen molar-refractivity contribution in [2.75, 3.05) is 0 Å². The SMILES string of the molecule is CC(=O)Cc1ccc2ccccc2c1.CC(Cc1ccc2ccccc2c1)NCc1ccc(O)cc1.NCc1ccc(O)cc1. The third kappa shape index (κ3) is 10.9. The maximum Gasteiger partial charge on any atom is 0.134 e. The molecule has 0 spiro atoms. The molecule has 6 rings (SSSR count). The standard InChI is InChI=1S/C20H21NO.C13H12O.C7H9NO/c1-15(21-14-16-7-10-20(22)11-8-16)12-17-6-9-18-4-2-3-5-19(18)13-17;1-10(14)8-11-6-7-12-4-2-3-5-13(12)9-11;8-5-6-1-3-7(9)4-2-6/h2-11,13,15,21-22H,12,14H2,1H3;2-7,9H,8H2,1H3;1-4,9H,5,8H2. The monoisotopic (exact) mass is 598 g/mol. The van der Waals surface area contributed by atoms with E-state index in [0.717, 1.165) is 24.1 Å². The number of hydrogen-bond donors (Lipinski definition) is 4. The summed E-state index contributed by atoms with van der Waals surface area (Å²) in [6.07, 6.45) is 1.54. The highest BCUT2D eigenvalue weighted by molar-refractivity contribution is 5.85. The maximum atomic E-state index is 10.9. The summed E-state index contributed by atoms with van der Waals surface area (Å²) in [5.74, 6) is 0.806. The summed E-state index contributed by atoms with van der Waals surface area (Å²) in [6.45, 7) is 5.17. The minimum atomic E-state index is 0.209. The Morgan fingerprint density at radius 3 is 1.58 bits per heavy atom. The molecule has 1 atom stereocenters. The van der Waals surface area contributed by atoms with E-state index < -0.39 is 0 Å². The van der Waals surface area contributed by atoms with E-state index in [1.807, 2.05) is 30.3 Å². The van der Waals surface area contributed by atoms with Gasteiger partial charge in [-0.15, -0.1) is 0 Å². The van der Waals surface area contributed by atoms with Crippen molar-refractivity contribution in [2.45, 2.75) is 45.8 Å². The fraction of sp³-hybridized carbons (Fsp3) is 0.175. The zero-order chi connectivity index (χ0) is 32.0. The van der Waals surface area contributed by atoms with Gasteiger partial charge in [0.1, 0.15) is 17.3 Å². The van der Waals surface area contributed by atoms with Crippen molar-refractivity contribution >= 4 is 27.3 Å². The van der Waals surface area contributed by atoms with E-state index in [4.69, 9.17) is 10.8 Å². The number of nitrogens with two attached hydrogens (primary N) is 1. The molecule has 0 aliphatic rings. The number of Topliss-reactive ketones (excluding diaryl/α,β-unsaturated/α-hetero) is 1. The van der Waals surface area contributed by atoms with E-state index in [1.54, 1.807) is 43.3 Å². The summed E-state index contributed by atoms with van der Waals surface area (Å²) in [5, 5.41) is 26.6. The summed E-state index contributed by atoms with van der Waals surface area (Å²) in [5.41, 5.74) is 9.98. The van der Waals surface area contributed by atoms with E-state index in [1.165, 1.54) is 32.7 Å². The molecule has 5 nitrogen and oxygen atoms in total. The Morgan fingerprint density at radius 1 is 0.622 bits per heavy atom. The van der Waals surface area contributed by atoms with Gasteiger partial charge in [0.15, 0.2) is 0 Å². The van der Waals surface area contributed by atoms with Gasteiger partial charge < -0.3 is 21.3 Å². The van der Waals surface area contributed by atoms with Crippen molar-refractivity contribution in [2.24, 2.45) is 5.73 Å². The van der Waals surface area contributed by atoms with E-state index in [-0.39, 0.29) is 11.5 Å². The van der Waals surface area contributed by atoms with Gasteiger partial charge in [-0.05, 0) is 88.3 Å². The molecule has 0 fully saturated rings. The Hall–Kier alpha value is -4.97. The van der Waals surface area contributed by atoms with Gasteiger partial charge in [0.2, 0.25) is 0 Å². The number of rotatable bonds is 8. The van der Waals surface area contributed by atoms with Crippen molar-refractivity contribution in [3.8, 4) is 11.5 Å². The van der Waals surface area contributed by atoms with Gasteiger partial charge in [-0.2, -0.15) is 0 Å². The molecule has 0 radical (unpaired) electrons. The number of hydrogen-bond acceptors (Lipinski definition) is 5. The van der Waals surface area contributed by atoms with Crippen LogP contribution in [0.4, 0.5) is 0 Å². The third-order valence-electron chi connectivity index (χ3n) is 7.39. The molecule has 0 saturated carbocycles. The molecule has 5 N–H and O–H groups in total. The van der Waals surface area contributed by atoms with Gasteiger partial charge in [-0.3, -0.25) is 4.79 Å². The van der Waals surface area contributed by atoms with Crippen molar-refractivity contribution in [1.82, 2.24) is 5.32 Å². The van der Waals surface area contributed by atoms with Crippen LogP contribution in [0.2, 0.25) is 0 Å². The molecule has 5 heteroatoms. The first-order valence-electron chi connectivity index (χ1n) is 15.2. The minimum Gasteiger partial charge on any atom is -0.508 e. The van der Waals surface area contributed by atoms with Crippen LogP contribution in [0.15, 0.2) is 133 Å². The highest BCUT2D eigenvalue weighted by Gasteiger charge is 2.05. The van der Waals surface area contributed by atoms with Crippen molar-refractivity contribution in [3.05, 3.63) is 156 Å². The Labute approximate surface area is 266 Å². The van der Waals surface area contributed by atoms with Crippen molar-refractivity contribution in [1.29, 1.82) is 0 Å². The number of phenolic OH excluding ortho intramolecular Hbond substituents is 2. The van der Waals surface area contributed by atoms with Gasteiger partial charge in [0, 0.05) is 25.6 Å². The molecular formula is C40H42N2O3. The zero-order valence-electron chi connectivity index (χ0n) is 26.0. The predicted octanol–water partition coefficient (Wildman–Crippen LogP) is 8.09. The van der Waals surface area contributed by atoms with Crippen LogP contribution >= 0.6 is 0 Å². The summed E-state index contributed by atoms with van der Waals surface area (Å²) in [7, 11) is 0. The molecule has 0 aliphatic heterocycles. The lowest BCUT2D eigenvalue weighted by Gasteiger charge is -2.14. The van der Waals surface area contributed by atoms with E-state index >= 15 is 0 Å². The Kier molecular flexibility index (Phi) is 12.3. The third-order valence-corrected chi connectivity index (χ3v) is 7.39. The first kappa shape index (κ1) is 32.9. The topological polar surface area (TPSA) is 95.6 Å². The second kappa shape index (κ2) is 16.8. The van der Waals surface area contributed by atoms with E-state index in [2.05, 4.69) is 79.0 Å². The average molecular weight is 599 g/mol. The highest BCUT2D eigenvalue weighted by atomic mass is 16.3. The van der Waals surface area contributed by atoms with Gasteiger partial charge in [-0.25, -0.2) is 0 Å². The number of ketones is 1. The number of carbonyl (C=O) groups excluding carboxylic acids is 1. The Morgan fingerprint density at radius 2 is 1.07 bits per heavy atom. The molecule has 1 unspecified atom stereocenters. The maximum absolute atomic E-state index is 10.9. The predicted molar refractivity (Wildman–Crippen MR) is 186 cm³/mol. The van der Waals surface area contributed by atoms with Crippen LogP contribution in [0.1, 0.15) is 36.1 Å².